The average Bonchev–Trinajstić information content (AvgIpc) is 2.47. The van der Waals surface area contributed by atoms with E-state index < -0.39 is 0 Å². The Bertz CT molecular complexity index is 676. The van der Waals surface area contributed by atoms with Crippen LogP contribution >= 0.6 is 0 Å². The summed E-state index contributed by atoms with van der Waals surface area (Å²) in [6, 6.07) is 5.28. The second-order valence-electron chi connectivity index (χ2n) is 4.63. The van der Waals surface area contributed by atoms with Gasteiger partial charge in [-0.15, -0.1) is 0 Å². The van der Waals surface area contributed by atoms with E-state index >= 15 is 0 Å². The van der Waals surface area contributed by atoms with Crippen molar-refractivity contribution in [3.63, 3.8) is 0 Å². The summed E-state index contributed by atoms with van der Waals surface area (Å²) in [6.07, 6.45) is 3.55. The summed E-state index contributed by atoms with van der Waals surface area (Å²) in [4.78, 5) is 28.7. The van der Waals surface area contributed by atoms with E-state index in [-0.39, 0.29) is 17.0 Å². The Kier molecular flexibility index (Phi) is 4.50. The van der Waals surface area contributed by atoms with Gasteiger partial charge in [0.25, 0.3) is 11.5 Å². The summed E-state index contributed by atoms with van der Waals surface area (Å²) in [7, 11) is 0. The first-order valence-electron chi connectivity index (χ1n) is 6.95. The van der Waals surface area contributed by atoms with Gasteiger partial charge in [-0.3, -0.25) is 14.2 Å². The largest absolute Gasteiger partial charge is 0.352 e. The van der Waals surface area contributed by atoms with Crippen molar-refractivity contribution < 1.29 is 4.79 Å². The molecule has 106 valence electrons. The van der Waals surface area contributed by atoms with E-state index in [1.165, 1.54) is 4.57 Å². The van der Waals surface area contributed by atoms with E-state index in [1.807, 2.05) is 13.0 Å². The molecule has 0 aliphatic heterocycles. The molecule has 2 aromatic rings. The molecule has 1 N–H and O–H groups in total. The summed E-state index contributed by atoms with van der Waals surface area (Å²) >= 11 is 0. The zero-order valence-electron chi connectivity index (χ0n) is 11.8. The smallest absolute Gasteiger partial charge is 0.265 e. The predicted octanol–water partition coefficient (Wildman–Crippen LogP) is 1.95. The van der Waals surface area contributed by atoms with E-state index in [0.29, 0.717) is 18.7 Å². The van der Waals surface area contributed by atoms with Crippen LogP contribution in [0.5, 0.6) is 0 Å². The molecule has 0 aliphatic rings. The summed E-state index contributed by atoms with van der Waals surface area (Å²) in [5.41, 5.74) is 0.515. The van der Waals surface area contributed by atoms with Gasteiger partial charge in [0.2, 0.25) is 0 Å². The number of hydrogen-bond donors (Lipinski definition) is 1. The maximum absolute atomic E-state index is 12.4. The van der Waals surface area contributed by atoms with E-state index in [1.54, 1.807) is 18.3 Å². The van der Waals surface area contributed by atoms with Crippen molar-refractivity contribution in [2.24, 2.45) is 0 Å². The van der Waals surface area contributed by atoms with Crippen LogP contribution in [0.1, 0.15) is 37.0 Å². The lowest BCUT2D eigenvalue weighted by Crippen LogP contribution is -2.33. The summed E-state index contributed by atoms with van der Waals surface area (Å²) in [6.45, 7) is 5.00. The monoisotopic (exact) mass is 273 g/mol. The second kappa shape index (κ2) is 6.32. The zero-order chi connectivity index (χ0) is 14.5. The van der Waals surface area contributed by atoms with Gasteiger partial charge in [0.1, 0.15) is 11.2 Å². The van der Waals surface area contributed by atoms with Crippen LogP contribution < -0.4 is 10.9 Å². The van der Waals surface area contributed by atoms with Crippen LogP contribution in [0, 0.1) is 0 Å². The normalized spacial score (nSPS) is 10.7. The molecule has 20 heavy (non-hydrogen) atoms. The SMILES string of the molecule is CCCCNC(=O)c1cc2cccnc2n(CC)c1=O. The first-order chi connectivity index (χ1) is 9.69. The fourth-order valence-corrected chi connectivity index (χ4v) is 2.14. The lowest BCUT2D eigenvalue weighted by atomic mass is 10.2. The van der Waals surface area contributed by atoms with Gasteiger partial charge in [-0.1, -0.05) is 13.3 Å². The maximum atomic E-state index is 12.4. The van der Waals surface area contributed by atoms with Crippen molar-refractivity contribution in [2.75, 3.05) is 6.54 Å². The van der Waals surface area contributed by atoms with E-state index in [9.17, 15) is 9.59 Å². The molecule has 2 aromatic heterocycles. The third-order valence-electron chi connectivity index (χ3n) is 3.22. The van der Waals surface area contributed by atoms with Gasteiger partial charge >= 0.3 is 0 Å². The van der Waals surface area contributed by atoms with Crippen LogP contribution in [-0.2, 0) is 6.54 Å². The highest BCUT2D eigenvalue weighted by atomic mass is 16.2. The molecule has 0 spiro atoms. The molecule has 0 saturated carbocycles. The third-order valence-corrected chi connectivity index (χ3v) is 3.22. The van der Waals surface area contributed by atoms with Gasteiger partial charge in [-0.25, -0.2) is 4.98 Å². The number of aromatic nitrogens is 2. The molecule has 0 bridgehead atoms. The van der Waals surface area contributed by atoms with Gasteiger partial charge < -0.3 is 5.32 Å². The molecule has 1 amide bonds. The molecule has 5 nitrogen and oxygen atoms in total. The highest BCUT2D eigenvalue weighted by molar-refractivity contribution is 5.96. The zero-order valence-corrected chi connectivity index (χ0v) is 11.8. The molecule has 2 heterocycles. The Hall–Kier alpha value is -2.17. The van der Waals surface area contributed by atoms with Crippen LogP contribution in [0.15, 0.2) is 29.2 Å². The van der Waals surface area contributed by atoms with Crippen molar-refractivity contribution >= 4 is 16.9 Å². The van der Waals surface area contributed by atoms with Crippen LogP contribution in [0.2, 0.25) is 0 Å². The highest BCUT2D eigenvalue weighted by Gasteiger charge is 2.14. The number of carbonyl (C=O) groups excluding carboxylic acids is 1. The lowest BCUT2D eigenvalue weighted by molar-refractivity contribution is 0.0951. The van der Waals surface area contributed by atoms with Crippen molar-refractivity contribution in [3.05, 3.63) is 40.3 Å². The van der Waals surface area contributed by atoms with Crippen molar-refractivity contribution in [1.29, 1.82) is 0 Å². The predicted molar refractivity (Wildman–Crippen MR) is 78.9 cm³/mol. The third kappa shape index (κ3) is 2.71. The summed E-state index contributed by atoms with van der Waals surface area (Å²) in [5.74, 6) is -0.309. The van der Waals surface area contributed by atoms with Crippen LogP contribution in [-0.4, -0.2) is 22.0 Å². The topological polar surface area (TPSA) is 64.0 Å². The number of aryl methyl sites for hydroxylation is 1. The fraction of sp³-hybridized carbons (Fsp3) is 0.400. The minimum Gasteiger partial charge on any atom is -0.352 e. The Balaban J connectivity index is 2.46. The van der Waals surface area contributed by atoms with E-state index in [2.05, 4.69) is 17.2 Å². The number of amides is 1. The maximum Gasteiger partial charge on any atom is 0.265 e. The van der Waals surface area contributed by atoms with E-state index in [4.69, 9.17) is 0 Å². The Morgan fingerprint density at radius 2 is 2.20 bits per heavy atom. The van der Waals surface area contributed by atoms with E-state index in [0.717, 1.165) is 18.2 Å². The van der Waals surface area contributed by atoms with Gasteiger partial charge in [0.05, 0.1) is 0 Å². The molecule has 5 heteroatoms. The first-order valence-corrected chi connectivity index (χ1v) is 6.95. The molecule has 0 aliphatic carbocycles. The highest BCUT2D eigenvalue weighted by Crippen LogP contribution is 2.10. The number of hydrogen-bond acceptors (Lipinski definition) is 3. The van der Waals surface area contributed by atoms with Gasteiger partial charge in [-0.2, -0.15) is 0 Å². The average molecular weight is 273 g/mol. The molecule has 0 aromatic carbocycles. The molecule has 2 rings (SSSR count). The summed E-state index contributed by atoms with van der Waals surface area (Å²) in [5, 5.41) is 3.58. The molecule has 0 radical (unpaired) electrons. The van der Waals surface area contributed by atoms with Crippen LogP contribution in [0.3, 0.4) is 0 Å². The van der Waals surface area contributed by atoms with Crippen molar-refractivity contribution in [2.45, 2.75) is 33.2 Å². The molecule has 0 atom stereocenters. The lowest BCUT2D eigenvalue weighted by Gasteiger charge is -2.10. The number of pyridine rings is 2. The number of fused-ring (bicyclic) bond motifs is 1. The first kappa shape index (κ1) is 14.2. The molecule has 0 unspecified atom stereocenters. The van der Waals surface area contributed by atoms with Gasteiger partial charge in [0, 0.05) is 24.7 Å². The number of unbranched alkanes of at least 4 members (excludes halogenated alkanes) is 1. The Morgan fingerprint density at radius 3 is 2.90 bits per heavy atom. The van der Waals surface area contributed by atoms with Crippen LogP contribution in [0.4, 0.5) is 0 Å². The van der Waals surface area contributed by atoms with Crippen molar-refractivity contribution in [1.82, 2.24) is 14.9 Å². The standard InChI is InChI=1S/C15H19N3O2/c1-3-5-8-17-14(19)12-10-11-7-6-9-16-13(11)18(4-2)15(12)20/h6-7,9-10H,3-5,8H2,1-2H3,(H,17,19). The molecule has 0 saturated heterocycles. The van der Waals surface area contributed by atoms with Crippen LogP contribution in [0.25, 0.3) is 11.0 Å². The minimum atomic E-state index is -0.309. The molecule has 0 fully saturated rings. The number of rotatable bonds is 5. The second-order valence-corrected chi connectivity index (χ2v) is 4.63. The molecular weight excluding hydrogens is 254 g/mol. The fourth-order valence-electron chi connectivity index (χ4n) is 2.14. The summed E-state index contributed by atoms with van der Waals surface area (Å²) < 4.78 is 1.53. The Labute approximate surface area is 117 Å². The number of nitrogens with one attached hydrogen (secondary N) is 1. The van der Waals surface area contributed by atoms with Gasteiger partial charge in [0.15, 0.2) is 0 Å². The Morgan fingerprint density at radius 1 is 1.40 bits per heavy atom. The number of carbonyl (C=O) groups is 1. The molecular formula is C15H19N3O2. The minimum absolute atomic E-state index is 0.184. The number of nitrogens with zero attached hydrogens (tertiary/aromatic N) is 2. The van der Waals surface area contributed by atoms with Gasteiger partial charge in [-0.05, 0) is 31.5 Å². The van der Waals surface area contributed by atoms with Crippen molar-refractivity contribution in [3.8, 4) is 0 Å². The quantitative estimate of drug-likeness (QED) is 0.847.